The van der Waals surface area contributed by atoms with Gasteiger partial charge in [-0.2, -0.15) is 12.6 Å². The molecule has 0 spiro atoms. The van der Waals surface area contributed by atoms with Crippen LogP contribution in [0.1, 0.15) is 30.5 Å². The van der Waals surface area contributed by atoms with Gasteiger partial charge in [-0.3, -0.25) is 0 Å². The van der Waals surface area contributed by atoms with Crippen molar-refractivity contribution in [2.24, 2.45) is 0 Å². The Morgan fingerprint density at radius 1 is 1.41 bits per heavy atom. The highest BCUT2D eigenvalue weighted by Crippen LogP contribution is 2.34. The predicted octanol–water partition coefficient (Wildman–Crippen LogP) is 5.07. The van der Waals surface area contributed by atoms with Gasteiger partial charge in [-0.15, -0.1) is 0 Å². The number of rotatable bonds is 6. The highest BCUT2D eigenvalue weighted by Gasteiger charge is 2.27. The maximum atomic E-state index is 6.56. The van der Waals surface area contributed by atoms with Crippen LogP contribution in [0.25, 0.3) is 0 Å². The minimum Gasteiger partial charge on any atom is -0.474 e. The molecule has 2 rings (SSSR count). The Morgan fingerprint density at radius 3 is 2.64 bits per heavy atom. The lowest BCUT2D eigenvalue weighted by Crippen LogP contribution is -2.23. The largest absolute Gasteiger partial charge is 0.474 e. The summed E-state index contributed by atoms with van der Waals surface area (Å²) >= 11 is 22.2. The Kier molecular flexibility index (Phi) is 6.56. The van der Waals surface area contributed by atoms with Gasteiger partial charge in [0.2, 0.25) is 0 Å². The van der Waals surface area contributed by atoms with E-state index in [4.69, 9.17) is 40.2 Å². The van der Waals surface area contributed by atoms with Gasteiger partial charge in [0.1, 0.15) is 5.50 Å². The number of alkyl halides is 1. The molecule has 2 aromatic rings. The van der Waals surface area contributed by atoms with Gasteiger partial charge in [-0.25, -0.2) is 4.98 Å². The third-order valence-corrected chi connectivity index (χ3v) is 5.02. The molecule has 0 saturated carbocycles. The van der Waals surface area contributed by atoms with Gasteiger partial charge < -0.3 is 9.30 Å². The molecule has 0 bridgehead atoms. The van der Waals surface area contributed by atoms with Crippen molar-refractivity contribution in [2.75, 3.05) is 0 Å². The third-order valence-electron chi connectivity index (χ3n) is 3.16. The summed E-state index contributed by atoms with van der Waals surface area (Å²) in [5.41, 5.74) is 0.399. The first-order chi connectivity index (χ1) is 10.5. The summed E-state index contributed by atoms with van der Waals surface area (Å²) in [6, 6.07) is 7.35. The van der Waals surface area contributed by atoms with Crippen molar-refractivity contribution in [3.63, 3.8) is 0 Å². The molecule has 0 N–H and O–H groups in total. The van der Waals surface area contributed by atoms with E-state index in [-0.39, 0.29) is 5.25 Å². The van der Waals surface area contributed by atoms with E-state index in [9.17, 15) is 0 Å². The van der Waals surface area contributed by atoms with E-state index >= 15 is 0 Å². The van der Waals surface area contributed by atoms with Crippen LogP contribution in [0.5, 0.6) is 0 Å². The highest BCUT2D eigenvalue weighted by molar-refractivity contribution is 7.86. The molecule has 3 nitrogen and oxygen atoms in total. The van der Waals surface area contributed by atoms with Gasteiger partial charge in [-0.1, -0.05) is 42.3 Å². The Labute approximate surface area is 151 Å². The number of ether oxygens (including phenoxy) is 1. The van der Waals surface area contributed by atoms with Gasteiger partial charge in [0.05, 0.1) is 11.6 Å². The summed E-state index contributed by atoms with van der Waals surface area (Å²) in [6.07, 6.45) is 5.42. The van der Waals surface area contributed by atoms with Gasteiger partial charge >= 0.3 is 0 Å². The van der Waals surface area contributed by atoms with Crippen molar-refractivity contribution < 1.29 is 4.74 Å². The van der Waals surface area contributed by atoms with Crippen molar-refractivity contribution in [1.82, 2.24) is 9.55 Å². The predicted molar refractivity (Wildman–Crippen MR) is 98.1 cm³/mol. The van der Waals surface area contributed by atoms with Crippen LogP contribution in [-0.2, 0) is 4.74 Å². The van der Waals surface area contributed by atoms with Crippen LogP contribution in [0.15, 0.2) is 43.0 Å². The van der Waals surface area contributed by atoms with Crippen LogP contribution in [0, 0.1) is 0 Å². The fraction of sp³-hybridized carbons (Fsp3) is 0.333. The van der Waals surface area contributed by atoms with Gasteiger partial charge in [0, 0.05) is 17.4 Å². The molecule has 1 heterocycles. The first-order valence-corrected chi connectivity index (χ1v) is 8.52. The first-order valence-electron chi connectivity index (χ1n) is 6.78. The average Bonchev–Trinajstić information content (AvgIpc) is 3.06. The summed E-state index contributed by atoms with van der Waals surface area (Å²) in [4.78, 5) is 4.02. The van der Waals surface area contributed by atoms with Gasteiger partial charge in [-0.05, 0) is 36.3 Å². The minimum atomic E-state index is -0.487. The first kappa shape index (κ1) is 17.6. The van der Waals surface area contributed by atoms with E-state index in [0.717, 1.165) is 12.0 Å². The molecule has 0 aliphatic rings. The molecule has 0 aliphatic carbocycles. The Morgan fingerprint density at radius 2 is 2.09 bits per heavy atom. The number of hydrogen-bond donors (Lipinski definition) is 1. The molecule has 3 atom stereocenters. The lowest BCUT2D eigenvalue weighted by Gasteiger charge is -2.26. The molecule has 118 valence electrons. The van der Waals surface area contributed by atoms with Crippen LogP contribution in [0.3, 0.4) is 0 Å². The number of thiol groups is 1. The Hall–Kier alpha value is -0.750. The second kappa shape index (κ2) is 8.20. The van der Waals surface area contributed by atoms with E-state index in [1.165, 1.54) is 0 Å². The van der Waals surface area contributed by atoms with Crippen LogP contribution in [0.4, 0.5) is 0 Å². The maximum absolute atomic E-state index is 6.56. The normalized spacial score (nSPS) is 15.1. The molecular formula is C15H16Cl2N2OS2. The van der Waals surface area contributed by atoms with E-state index < -0.39 is 11.6 Å². The molecule has 0 aliphatic heterocycles. The maximum Gasteiger partial charge on any atom is 0.173 e. The summed E-state index contributed by atoms with van der Waals surface area (Å²) in [5, 5.41) is 0.965. The quantitative estimate of drug-likeness (QED) is 0.434. The fourth-order valence-electron chi connectivity index (χ4n) is 1.88. The molecule has 3 unspecified atom stereocenters. The number of thiocarbonyl (C=S) groups is 1. The molecule has 7 heteroatoms. The number of aromatic nitrogens is 2. The van der Waals surface area contributed by atoms with Crippen molar-refractivity contribution in [1.29, 1.82) is 0 Å². The van der Waals surface area contributed by atoms with Crippen molar-refractivity contribution in [3.8, 4) is 0 Å². The number of imidazole rings is 1. The monoisotopic (exact) mass is 374 g/mol. The molecule has 22 heavy (non-hydrogen) atoms. The average molecular weight is 375 g/mol. The van der Waals surface area contributed by atoms with E-state index in [0.29, 0.717) is 10.1 Å². The van der Waals surface area contributed by atoms with E-state index in [2.05, 4.69) is 17.6 Å². The molecule has 0 amide bonds. The van der Waals surface area contributed by atoms with Crippen molar-refractivity contribution in [3.05, 3.63) is 53.6 Å². The molecule has 1 aromatic heterocycles. The lowest BCUT2D eigenvalue weighted by molar-refractivity contribution is 0.163. The lowest BCUT2D eigenvalue weighted by atomic mass is 10.1. The number of halogens is 2. The van der Waals surface area contributed by atoms with E-state index in [1.54, 1.807) is 35.4 Å². The Balaban J connectivity index is 2.27. The topological polar surface area (TPSA) is 27.1 Å². The standard InChI is InChI=1S/C15H16Cl2N2OS2/c1-2-12(21)15(22)20-13(10-3-5-11(16)6-4-10)14(17)19-8-7-18-9-19/h3-9,12-14,21H,2H2,1H3. The van der Waals surface area contributed by atoms with E-state index in [1.807, 2.05) is 19.1 Å². The molecular weight excluding hydrogens is 359 g/mol. The van der Waals surface area contributed by atoms with Crippen molar-refractivity contribution >= 4 is 53.1 Å². The second-order valence-corrected chi connectivity index (χ2v) is 6.62. The molecule has 0 radical (unpaired) electrons. The third kappa shape index (κ3) is 4.38. The summed E-state index contributed by atoms with van der Waals surface area (Å²) in [7, 11) is 0. The van der Waals surface area contributed by atoms with Crippen LogP contribution >= 0.6 is 48.0 Å². The SMILES string of the molecule is CCC(S)C(=S)OC(c1ccc(Cl)cc1)C(Cl)n1ccnc1. The molecule has 0 saturated heterocycles. The second-order valence-electron chi connectivity index (χ2n) is 4.72. The summed E-state index contributed by atoms with van der Waals surface area (Å²) < 4.78 is 7.71. The molecule has 1 aromatic carbocycles. The number of hydrogen-bond acceptors (Lipinski definition) is 4. The fourth-order valence-corrected chi connectivity index (χ4v) is 2.65. The zero-order chi connectivity index (χ0) is 16.1. The number of nitrogens with zero attached hydrogens (tertiary/aromatic N) is 2. The highest BCUT2D eigenvalue weighted by atomic mass is 35.5. The van der Waals surface area contributed by atoms with Crippen molar-refractivity contribution in [2.45, 2.75) is 30.2 Å². The van der Waals surface area contributed by atoms with Crippen LogP contribution < -0.4 is 0 Å². The summed E-state index contributed by atoms with van der Waals surface area (Å²) in [6.45, 7) is 2.00. The van der Waals surface area contributed by atoms with Gasteiger partial charge in [0.25, 0.3) is 0 Å². The zero-order valence-corrected chi connectivity index (χ0v) is 15.1. The number of benzene rings is 1. The van der Waals surface area contributed by atoms with Crippen LogP contribution in [0.2, 0.25) is 5.02 Å². The molecule has 0 fully saturated rings. The van der Waals surface area contributed by atoms with Crippen LogP contribution in [-0.4, -0.2) is 19.9 Å². The summed E-state index contributed by atoms with van der Waals surface area (Å²) in [5.74, 6) is 0. The zero-order valence-electron chi connectivity index (χ0n) is 11.9. The van der Waals surface area contributed by atoms with Gasteiger partial charge in [0.15, 0.2) is 11.2 Å². The Bertz CT molecular complexity index is 605. The minimum absolute atomic E-state index is 0.114. The smallest absolute Gasteiger partial charge is 0.173 e.